The first-order valence-electron chi connectivity index (χ1n) is 8.32. The van der Waals surface area contributed by atoms with E-state index in [9.17, 15) is 23.1 Å². The SMILES string of the molecule is C[C@@H](NC(=O)c1ccc(-n2ncc(-c3ccc(C#N)cc3)c2O)nc1)C(F)(F)F. The maximum atomic E-state index is 12.6. The Balaban J connectivity index is 1.81. The van der Waals surface area contributed by atoms with Crippen LogP contribution in [0.15, 0.2) is 48.8 Å². The summed E-state index contributed by atoms with van der Waals surface area (Å²) in [5.74, 6) is -0.968. The summed E-state index contributed by atoms with van der Waals surface area (Å²) in [4.78, 5) is 15.9. The summed E-state index contributed by atoms with van der Waals surface area (Å²) >= 11 is 0. The Kier molecular flexibility index (Phi) is 5.23. The van der Waals surface area contributed by atoms with E-state index in [1.165, 1.54) is 18.3 Å². The van der Waals surface area contributed by atoms with Gasteiger partial charge in [0.25, 0.3) is 5.91 Å². The summed E-state index contributed by atoms with van der Waals surface area (Å²) in [5.41, 5.74) is 1.43. The largest absolute Gasteiger partial charge is 0.493 e. The topological polar surface area (TPSA) is 104 Å². The zero-order valence-corrected chi connectivity index (χ0v) is 15.0. The van der Waals surface area contributed by atoms with E-state index >= 15 is 0 Å². The molecular formula is C19H14F3N5O2. The molecule has 7 nitrogen and oxygen atoms in total. The summed E-state index contributed by atoms with van der Waals surface area (Å²) in [5, 5.41) is 25.2. The lowest BCUT2D eigenvalue weighted by Crippen LogP contribution is -2.43. The van der Waals surface area contributed by atoms with Crippen LogP contribution in [0.4, 0.5) is 13.2 Å². The number of hydrogen-bond acceptors (Lipinski definition) is 5. The summed E-state index contributed by atoms with van der Waals surface area (Å²) in [6, 6.07) is 9.13. The van der Waals surface area contributed by atoms with Gasteiger partial charge in [-0.25, -0.2) is 4.98 Å². The number of alkyl halides is 3. The number of nitrogens with one attached hydrogen (secondary N) is 1. The van der Waals surface area contributed by atoms with E-state index in [0.29, 0.717) is 16.7 Å². The molecule has 29 heavy (non-hydrogen) atoms. The van der Waals surface area contributed by atoms with Crippen molar-refractivity contribution in [3.63, 3.8) is 0 Å². The third-order valence-electron chi connectivity index (χ3n) is 4.13. The second kappa shape index (κ2) is 7.63. The molecule has 0 saturated heterocycles. The van der Waals surface area contributed by atoms with Crippen LogP contribution in [0.2, 0.25) is 0 Å². The maximum Gasteiger partial charge on any atom is 0.408 e. The quantitative estimate of drug-likeness (QED) is 0.699. The number of nitrogens with zero attached hydrogens (tertiary/aromatic N) is 4. The van der Waals surface area contributed by atoms with Crippen molar-refractivity contribution in [3.05, 3.63) is 59.9 Å². The van der Waals surface area contributed by atoms with Crippen LogP contribution in [-0.4, -0.2) is 38.0 Å². The lowest BCUT2D eigenvalue weighted by atomic mass is 10.1. The van der Waals surface area contributed by atoms with Crippen molar-refractivity contribution in [1.29, 1.82) is 5.26 Å². The van der Waals surface area contributed by atoms with Crippen LogP contribution < -0.4 is 5.32 Å². The Hall–Kier alpha value is -3.87. The lowest BCUT2D eigenvalue weighted by molar-refractivity contribution is -0.149. The smallest absolute Gasteiger partial charge is 0.408 e. The molecule has 1 aromatic carbocycles. The highest BCUT2D eigenvalue weighted by Gasteiger charge is 2.37. The van der Waals surface area contributed by atoms with Crippen LogP contribution in [-0.2, 0) is 0 Å². The van der Waals surface area contributed by atoms with Crippen LogP contribution in [0.3, 0.4) is 0 Å². The molecule has 2 N–H and O–H groups in total. The predicted molar refractivity (Wildman–Crippen MR) is 96.2 cm³/mol. The number of benzene rings is 1. The molecule has 0 bridgehead atoms. The van der Waals surface area contributed by atoms with E-state index in [-0.39, 0.29) is 17.3 Å². The van der Waals surface area contributed by atoms with Gasteiger partial charge >= 0.3 is 6.18 Å². The summed E-state index contributed by atoms with van der Waals surface area (Å²) in [7, 11) is 0. The predicted octanol–water partition coefficient (Wildman–Crippen LogP) is 3.19. The van der Waals surface area contributed by atoms with E-state index in [1.807, 2.05) is 11.4 Å². The highest BCUT2D eigenvalue weighted by atomic mass is 19.4. The number of pyridine rings is 1. The molecule has 0 spiro atoms. The van der Waals surface area contributed by atoms with Gasteiger partial charge in [-0.05, 0) is 36.8 Å². The van der Waals surface area contributed by atoms with Gasteiger partial charge in [-0.2, -0.15) is 28.2 Å². The first-order valence-corrected chi connectivity index (χ1v) is 8.32. The van der Waals surface area contributed by atoms with Gasteiger partial charge in [0.05, 0.1) is 29.0 Å². The number of halogens is 3. The van der Waals surface area contributed by atoms with Crippen molar-refractivity contribution in [2.75, 3.05) is 0 Å². The van der Waals surface area contributed by atoms with Gasteiger partial charge < -0.3 is 10.4 Å². The molecule has 2 heterocycles. The molecule has 148 valence electrons. The molecule has 0 unspecified atom stereocenters. The molecule has 0 aliphatic heterocycles. The molecule has 10 heteroatoms. The maximum absolute atomic E-state index is 12.6. The fraction of sp³-hybridized carbons (Fsp3) is 0.158. The van der Waals surface area contributed by atoms with E-state index < -0.39 is 18.1 Å². The number of aromatic nitrogens is 3. The molecule has 3 rings (SSSR count). The van der Waals surface area contributed by atoms with Crippen molar-refractivity contribution >= 4 is 5.91 Å². The van der Waals surface area contributed by atoms with Crippen LogP contribution in [0, 0.1) is 11.3 Å². The van der Waals surface area contributed by atoms with Gasteiger partial charge in [0.1, 0.15) is 6.04 Å². The highest BCUT2D eigenvalue weighted by Crippen LogP contribution is 2.30. The third-order valence-corrected chi connectivity index (χ3v) is 4.13. The zero-order valence-electron chi connectivity index (χ0n) is 15.0. The molecule has 1 atom stereocenters. The Labute approximate surface area is 163 Å². The summed E-state index contributed by atoms with van der Waals surface area (Å²) < 4.78 is 38.8. The van der Waals surface area contributed by atoms with Gasteiger partial charge in [-0.15, -0.1) is 0 Å². The average Bonchev–Trinajstić information content (AvgIpc) is 3.08. The normalized spacial score (nSPS) is 12.2. The Morgan fingerprint density at radius 2 is 1.90 bits per heavy atom. The number of hydrogen-bond donors (Lipinski definition) is 2. The Bertz CT molecular complexity index is 1070. The highest BCUT2D eigenvalue weighted by molar-refractivity contribution is 5.94. The molecule has 1 amide bonds. The van der Waals surface area contributed by atoms with E-state index in [4.69, 9.17) is 5.26 Å². The average molecular weight is 401 g/mol. The number of carbonyl (C=O) groups is 1. The number of aromatic hydroxyl groups is 1. The fourth-order valence-electron chi connectivity index (χ4n) is 2.45. The first-order chi connectivity index (χ1) is 13.7. The molecule has 0 fully saturated rings. The van der Waals surface area contributed by atoms with Gasteiger partial charge in [0, 0.05) is 6.20 Å². The van der Waals surface area contributed by atoms with Crippen molar-refractivity contribution in [2.45, 2.75) is 19.1 Å². The van der Waals surface area contributed by atoms with Crippen molar-refractivity contribution in [2.24, 2.45) is 0 Å². The minimum Gasteiger partial charge on any atom is -0.493 e. The minimum atomic E-state index is -4.55. The molecule has 0 radical (unpaired) electrons. The second-order valence-corrected chi connectivity index (χ2v) is 6.12. The molecule has 0 saturated carbocycles. The minimum absolute atomic E-state index is 0.0659. The van der Waals surface area contributed by atoms with Crippen LogP contribution >= 0.6 is 0 Å². The van der Waals surface area contributed by atoms with Gasteiger partial charge in [-0.1, -0.05) is 12.1 Å². The van der Waals surface area contributed by atoms with E-state index in [0.717, 1.165) is 17.8 Å². The van der Waals surface area contributed by atoms with E-state index in [2.05, 4.69) is 10.1 Å². The van der Waals surface area contributed by atoms with Crippen LogP contribution in [0.5, 0.6) is 5.88 Å². The zero-order chi connectivity index (χ0) is 21.2. The molecule has 2 aromatic heterocycles. The Morgan fingerprint density at radius 1 is 1.21 bits per heavy atom. The summed E-state index contributed by atoms with van der Waals surface area (Å²) in [6.07, 6.45) is -2.05. The Morgan fingerprint density at radius 3 is 2.45 bits per heavy atom. The number of carbonyl (C=O) groups excluding carboxylic acids is 1. The summed E-state index contributed by atoms with van der Waals surface area (Å²) in [6.45, 7) is 0.839. The fourth-order valence-corrected chi connectivity index (χ4v) is 2.45. The van der Waals surface area contributed by atoms with E-state index in [1.54, 1.807) is 24.3 Å². The van der Waals surface area contributed by atoms with Gasteiger partial charge in [0.15, 0.2) is 5.82 Å². The van der Waals surface area contributed by atoms with Crippen LogP contribution in [0.1, 0.15) is 22.8 Å². The first kappa shape index (κ1) is 19.9. The number of rotatable bonds is 4. The molecule has 0 aliphatic rings. The second-order valence-electron chi connectivity index (χ2n) is 6.12. The number of amides is 1. The molecule has 0 aliphatic carbocycles. The third kappa shape index (κ3) is 4.19. The standard InChI is InChI=1S/C19H14F3N5O2/c1-11(19(20,21)22)26-17(28)14-6-7-16(24-9-14)27-18(29)15(10-25-27)13-4-2-12(8-23)3-5-13/h2-7,9-11,29H,1H3,(H,26,28)/t11-/m1/s1. The van der Waals surface area contributed by atoms with Crippen molar-refractivity contribution in [3.8, 4) is 28.9 Å². The van der Waals surface area contributed by atoms with Crippen molar-refractivity contribution < 1.29 is 23.1 Å². The van der Waals surface area contributed by atoms with Gasteiger partial charge in [-0.3, -0.25) is 4.79 Å². The molecule has 3 aromatic rings. The lowest BCUT2D eigenvalue weighted by Gasteiger charge is -2.17. The van der Waals surface area contributed by atoms with Crippen LogP contribution in [0.25, 0.3) is 16.9 Å². The molecular weight excluding hydrogens is 387 g/mol. The van der Waals surface area contributed by atoms with Crippen molar-refractivity contribution in [1.82, 2.24) is 20.1 Å². The monoisotopic (exact) mass is 401 g/mol. The number of nitriles is 1. The van der Waals surface area contributed by atoms with Gasteiger partial charge in [0.2, 0.25) is 5.88 Å².